The Morgan fingerprint density at radius 1 is 0.567 bits per heavy atom. The molecule has 1 fully saturated rings. The summed E-state index contributed by atoms with van der Waals surface area (Å²) < 4.78 is 11.2. The van der Waals surface area contributed by atoms with Gasteiger partial charge in [-0.2, -0.15) is 0 Å². The fraction of sp³-hybridized carbons (Fsp3) is 0.863. The molecule has 1 aliphatic rings. The maximum atomic E-state index is 13.0. The summed E-state index contributed by atoms with van der Waals surface area (Å²) in [5, 5.41) is 54.3. The molecule has 352 valence electrons. The highest BCUT2D eigenvalue weighted by Crippen LogP contribution is 2.23. The van der Waals surface area contributed by atoms with Crippen LogP contribution in [0.25, 0.3) is 0 Å². The number of aliphatic hydroxyl groups is 5. The van der Waals surface area contributed by atoms with Crippen LogP contribution in [0.2, 0.25) is 0 Å². The predicted octanol–water partition coefficient (Wildman–Crippen LogP) is 11.2. The van der Waals surface area contributed by atoms with E-state index in [0.29, 0.717) is 6.42 Å². The fourth-order valence-electron chi connectivity index (χ4n) is 7.91. The summed E-state index contributed by atoms with van der Waals surface area (Å²) in [4.78, 5) is 13.0. The zero-order valence-electron chi connectivity index (χ0n) is 38.7. The highest BCUT2D eigenvalue weighted by Gasteiger charge is 2.44. The Balaban J connectivity index is 2.30. The van der Waals surface area contributed by atoms with Gasteiger partial charge < -0.3 is 40.3 Å². The molecule has 60 heavy (non-hydrogen) atoms. The molecule has 1 saturated heterocycles. The number of aliphatic hydroxyl groups excluding tert-OH is 5. The molecule has 0 aromatic rings. The smallest absolute Gasteiger partial charge is 0.220 e. The van der Waals surface area contributed by atoms with Gasteiger partial charge in [-0.1, -0.05) is 211 Å². The highest BCUT2D eigenvalue weighted by molar-refractivity contribution is 5.76. The molecule has 0 saturated carbocycles. The zero-order valence-corrected chi connectivity index (χ0v) is 38.7. The van der Waals surface area contributed by atoms with Crippen LogP contribution in [-0.2, 0) is 14.3 Å². The van der Waals surface area contributed by atoms with Gasteiger partial charge in [0.25, 0.3) is 0 Å². The summed E-state index contributed by atoms with van der Waals surface area (Å²) in [5.74, 6) is -0.188. The number of amides is 1. The van der Waals surface area contributed by atoms with Gasteiger partial charge in [-0.05, 0) is 44.9 Å². The van der Waals surface area contributed by atoms with E-state index in [1.807, 2.05) is 6.08 Å². The van der Waals surface area contributed by atoms with Gasteiger partial charge in [-0.15, -0.1) is 0 Å². The summed E-state index contributed by atoms with van der Waals surface area (Å²) in [5.41, 5.74) is 0. The highest BCUT2D eigenvalue weighted by atomic mass is 16.7. The van der Waals surface area contributed by atoms with E-state index in [9.17, 15) is 30.3 Å². The summed E-state index contributed by atoms with van der Waals surface area (Å²) >= 11 is 0. The standard InChI is InChI=1S/C51H95NO8/c1-3-5-7-9-11-13-15-17-19-20-21-22-23-24-25-27-28-30-32-34-36-38-40-45(54)44(43-59-51-50(58)49(57)48(56)46(42-53)60-51)52-47(55)41-39-37-35-33-31-29-26-18-16-14-12-10-8-6-4-2/h12,14,16,18,38,40,44-46,48-51,53-54,56-58H,3-11,13,15,17,19-37,39,41-43H2,1-2H3,(H,52,55)/b14-12-,18-16-,40-38+. The van der Waals surface area contributed by atoms with Crippen molar-refractivity contribution in [3.63, 3.8) is 0 Å². The molecule has 0 aliphatic carbocycles. The van der Waals surface area contributed by atoms with Crippen molar-refractivity contribution < 1.29 is 39.8 Å². The summed E-state index contributed by atoms with van der Waals surface area (Å²) in [6, 6.07) is -0.810. The van der Waals surface area contributed by atoms with E-state index in [1.165, 1.54) is 148 Å². The molecule has 1 heterocycles. The molecular formula is C51H95NO8. The SMILES string of the molecule is CCCCC/C=C\C=C/CCCCCCCCC(=O)NC(COC1OC(CO)C(O)C(O)C1O)C(O)/C=C/CCCCCCCCCCCCCCCCCCCCCC. The molecule has 0 radical (unpaired) electrons. The van der Waals surface area contributed by atoms with Gasteiger partial charge in [0, 0.05) is 6.42 Å². The third-order valence-electron chi connectivity index (χ3n) is 12.0. The number of hydrogen-bond acceptors (Lipinski definition) is 8. The van der Waals surface area contributed by atoms with Gasteiger partial charge in [-0.3, -0.25) is 4.79 Å². The minimum Gasteiger partial charge on any atom is -0.394 e. The molecular weight excluding hydrogens is 755 g/mol. The van der Waals surface area contributed by atoms with E-state index < -0.39 is 49.5 Å². The van der Waals surface area contributed by atoms with E-state index in [1.54, 1.807) is 6.08 Å². The van der Waals surface area contributed by atoms with Gasteiger partial charge in [-0.25, -0.2) is 0 Å². The summed E-state index contributed by atoms with van der Waals surface area (Å²) in [6.45, 7) is 3.75. The van der Waals surface area contributed by atoms with Crippen molar-refractivity contribution in [1.29, 1.82) is 0 Å². The molecule has 1 rings (SSSR count). The lowest BCUT2D eigenvalue weighted by Crippen LogP contribution is -2.60. The molecule has 1 amide bonds. The Morgan fingerprint density at radius 3 is 1.43 bits per heavy atom. The van der Waals surface area contributed by atoms with Crippen LogP contribution in [0.1, 0.15) is 226 Å². The maximum absolute atomic E-state index is 13.0. The number of carbonyl (C=O) groups excluding carboxylic acids is 1. The normalized spacial score (nSPS) is 20.8. The first-order chi connectivity index (χ1) is 29.3. The first-order valence-electron chi connectivity index (χ1n) is 25.2. The van der Waals surface area contributed by atoms with Crippen LogP contribution in [0.4, 0.5) is 0 Å². The van der Waals surface area contributed by atoms with Crippen molar-refractivity contribution in [2.45, 2.75) is 269 Å². The molecule has 7 atom stereocenters. The fourth-order valence-corrected chi connectivity index (χ4v) is 7.91. The monoisotopic (exact) mass is 850 g/mol. The lowest BCUT2D eigenvalue weighted by molar-refractivity contribution is -0.302. The predicted molar refractivity (Wildman–Crippen MR) is 249 cm³/mol. The third kappa shape index (κ3) is 31.3. The van der Waals surface area contributed by atoms with Crippen molar-refractivity contribution in [1.82, 2.24) is 5.32 Å². The van der Waals surface area contributed by atoms with Crippen molar-refractivity contribution in [2.75, 3.05) is 13.2 Å². The Morgan fingerprint density at radius 2 is 0.967 bits per heavy atom. The molecule has 1 aliphatic heterocycles. The lowest BCUT2D eigenvalue weighted by Gasteiger charge is -2.40. The first kappa shape index (κ1) is 56.4. The number of unbranched alkanes of at least 4 members (excludes halogenated alkanes) is 29. The van der Waals surface area contributed by atoms with E-state index in [4.69, 9.17) is 9.47 Å². The third-order valence-corrected chi connectivity index (χ3v) is 12.0. The van der Waals surface area contributed by atoms with Crippen LogP contribution in [0, 0.1) is 0 Å². The minimum atomic E-state index is -1.57. The van der Waals surface area contributed by atoms with Crippen molar-refractivity contribution in [3.8, 4) is 0 Å². The second-order valence-electron chi connectivity index (χ2n) is 17.6. The molecule has 7 unspecified atom stereocenters. The van der Waals surface area contributed by atoms with Crippen LogP contribution in [0.5, 0.6) is 0 Å². The van der Waals surface area contributed by atoms with Crippen LogP contribution in [-0.4, -0.2) is 87.5 Å². The van der Waals surface area contributed by atoms with Gasteiger partial charge in [0.15, 0.2) is 6.29 Å². The second-order valence-corrected chi connectivity index (χ2v) is 17.6. The topological polar surface area (TPSA) is 149 Å². The number of nitrogens with one attached hydrogen (secondary N) is 1. The van der Waals surface area contributed by atoms with Gasteiger partial charge in [0.1, 0.15) is 24.4 Å². The van der Waals surface area contributed by atoms with Gasteiger partial charge in [0.2, 0.25) is 5.91 Å². The molecule has 9 nitrogen and oxygen atoms in total. The molecule has 0 bridgehead atoms. The van der Waals surface area contributed by atoms with Crippen LogP contribution in [0.3, 0.4) is 0 Å². The van der Waals surface area contributed by atoms with Crippen molar-refractivity contribution in [3.05, 3.63) is 36.5 Å². The van der Waals surface area contributed by atoms with Crippen LogP contribution in [0.15, 0.2) is 36.5 Å². The van der Waals surface area contributed by atoms with Crippen molar-refractivity contribution >= 4 is 5.91 Å². The van der Waals surface area contributed by atoms with Crippen LogP contribution >= 0.6 is 0 Å². The second kappa shape index (κ2) is 41.4. The number of carbonyl (C=O) groups is 1. The Labute approximate surface area is 368 Å². The average Bonchev–Trinajstić information content (AvgIpc) is 3.25. The molecule has 9 heteroatoms. The summed E-state index contributed by atoms with van der Waals surface area (Å²) in [7, 11) is 0. The summed E-state index contributed by atoms with van der Waals surface area (Å²) in [6.07, 6.45) is 44.8. The zero-order chi connectivity index (χ0) is 43.7. The Hall–Kier alpha value is -1.59. The van der Waals surface area contributed by atoms with Gasteiger partial charge >= 0.3 is 0 Å². The number of hydrogen-bond donors (Lipinski definition) is 6. The maximum Gasteiger partial charge on any atom is 0.220 e. The average molecular weight is 850 g/mol. The Bertz CT molecular complexity index is 1030. The number of allylic oxidation sites excluding steroid dienone is 5. The first-order valence-corrected chi connectivity index (χ1v) is 25.2. The van der Waals surface area contributed by atoms with Gasteiger partial charge in [0.05, 0.1) is 25.4 Å². The molecule has 0 aromatic carbocycles. The number of ether oxygens (including phenoxy) is 2. The minimum absolute atomic E-state index is 0.188. The van der Waals surface area contributed by atoms with E-state index in [2.05, 4.69) is 43.5 Å². The molecule has 0 spiro atoms. The molecule has 6 N–H and O–H groups in total. The Kier molecular flexibility index (Phi) is 39.0. The van der Waals surface area contributed by atoms with Crippen LogP contribution < -0.4 is 5.32 Å². The van der Waals surface area contributed by atoms with E-state index in [0.717, 1.165) is 57.8 Å². The van der Waals surface area contributed by atoms with E-state index >= 15 is 0 Å². The van der Waals surface area contributed by atoms with E-state index in [-0.39, 0.29) is 12.5 Å². The molecule has 0 aromatic heterocycles. The number of rotatable bonds is 42. The van der Waals surface area contributed by atoms with Crippen molar-refractivity contribution in [2.24, 2.45) is 0 Å². The lowest BCUT2D eigenvalue weighted by atomic mass is 9.99. The largest absolute Gasteiger partial charge is 0.394 e. The quantitative estimate of drug-likeness (QED) is 0.0202.